The normalized spacial score (nSPS) is 23.0. The SMILES string of the molecule is Cc1ccc(OC(C)C(=O)O)c(CNCC(C)(C)c2nnc3cc(C45CCC(CC4)CC5)[nH]n23)c1. The van der Waals surface area contributed by atoms with Crippen molar-refractivity contribution in [1.29, 1.82) is 0 Å². The number of benzene rings is 1. The quantitative estimate of drug-likeness (QED) is 0.417. The average molecular weight is 480 g/mol. The molecule has 35 heavy (non-hydrogen) atoms. The summed E-state index contributed by atoms with van der Waals surface area (Å²) < 4.78 is 7.76. The number of carbonyl (C=O) groups is 1. The molecule has 1 aromatic carbocycles. The van der Waals surface area contributed by atoms with Crippen molar-refractivity contribution in [3.8, 4) is 5.75 Å². The maximum Gasteiger partial charge on any atom is 0.344 e. The van der Waals surface area contributed by atoms with Crippen LogP contribution in [0.3, 0.4) is 0 Å². The van der Waals surface area contributed by atoms with Crippen LogP contribution in [0.15, 0.2) is 24.3 Å². The minimum atomic E-state index is -0.979. The summed E-state index contributed by atoms with van der Waals surface area (Å²) in [7, 11) is 0. The van der Waals surface area contributed by atoms with Gasteiger partial charge in [0.05, 0.1) is 0 Å². The maximum absolute atomic E-state index is 11.3. The molecule has 2 bridgehead atoms. The van der Waals surface area contributed by atoms with Crippen molar-refractivity contribution in [1.82, 2.24) is 25.1 Å². The number of aryl methyl sites for hydroxylation is 1. The molecule has 0 spiro atoms. The molecule has 2 heterocycles. The molecule has 188 valence electrons. The Labute approximate surface area is 206 Å². The molecule has 3 fully saturated rings. The first-order valence-corrected chi connectivity index (χ1v) is 12.8. The van der Waals surface area contributed by atoms with E-state index >= 15 is 0 Å². The van der Waals surface area contributed by atoms with E-state index in [2.05, 4.69) is 45.0 Å². The van der Waals surface area contributed by atoms with Crippen LogP contribution in [0.25, 0.3) is 5.65 Å². The minimum absolute atomic E-state index is 0.275. The Morgan fingerprint density at radius 2 is 1.97 bits per heavy atom. The number of hydrogen-bond donors (Lipinski definition) is 3. The summed E-state index contributed by atoms with van der Waals surface area (Å²) in [6.07, 6.45) is 6.95. The zero-order valence-electron chi connectivity index (χ0n) is 21.2. The zero-order valence-corrected chi connectivity index (χ0v) is 21.2. The van der Waals surface area contributed by atoms with Gasteiger partial charge < -0.3 is 15.2 Å². The predicted octanol–water partition coefficient (Wildman–Crippen LogP) is 4.51. The molecule has 6 rings (SSSR count). The summed E-state index contributed by atoms with van der Waals surface area (Å²) in [6.45, 7) is 9.14. The number of nitrogens with zero attached hydrogens (tertiary/aromatic N) is 3. The maximum atomic E-state index is 11.3. The Hall–Kier alpha value is -2.87. The molecule has 0 saturated heterocycles. The second-order valence-corrected chi connectivity index (χ2v) is 11.3. The molecule has 0 aliphatic heterocycles. The molecule has 1 atom stereocenters. The smallest absolute Gasteiger partial charge is 0.344 e. The second-order valence-electron chi connectivity index (χ2n) is 11.3. The van der Waals surface area contributed by atoms with Gasteiger partial charge in [0.2, 0.25) is 0 Å². The first-order valence-electron chi connectivity index (χ1n) is 12.8. The third kappa shape index (κ3) is 4.56. The number of aliphatic carboxylic acids is 1. The number of carboxylic acid groups (broad SMARTS) is 1. The molecule has 8 nitrogen and oxygen atoms in total. The summed E-state index contributed by atoms with van der Waals surface area (Å²) in [5.74, 6) is 1.46. The molecule has 3 saturated carbocycles. The third-order valence-electron chi connectivity index (χ3n) is 8.21. The number of carboxylic acids is 1. The standard InChI is InChI=1S/C27H37N5O3/c1-17-5-6-21(35-18(2)24(33)34)20(13-17)15-28-16-26(3,4)25-30-29-23-14-22(31-32(23)25)27-10-7-19(8-11-27)9-12-27/h5-6,13-14,18-19,28,31H,7-12,15-16H2,1-4H3,(H,33,34). The molecule has 0 amide bonds. The topological polar surface area (TPSA) is 105 Å². The van der Waals surface area contributed by atoms with Gasteiger partial charge in [-0.15, -0.1) is 10.2 Å². The molecule has 3 aromatic rings. The summed E-state index contributed by atoms with van der Waals surface area (Å²) in [5, 5.41) is 25.5. The van der Waals surface area contributed by atoms with E-state index in [1.165, 1.54) is 44.2 Å². The number of fused-ring (bicyclic) bond motifs is 4. The van der Waals surface area contributed by atoms with Crippen LogP contribution in [0, 0.1) is 12.8 Å². The number of nitrogens with one attached hydrogen (secondary N) is 2. The zero-order chi connectivity index (χ0) is 24.8. The number of aromatic amines is 1. The molecule has 8 heteroatoms. The molecule has 3 N–H and O–H groups in total. The monoisotopic (exact) mass is 479 g/mol. The molecule has 1 unspecified atom stereocenters. The van der Waals surface area contributed by atoms with Gasteiger partial charge in [-0.1, -0.05) is 31.5 Å². The first kappa shape index (κ1) is 23.9. The Morgan fingerprint density at radius 3 is 2.66 bits per heavy atom. The van der Waals surface area contributed by atoms with Crippen molar-refractivity contribution in [3.63, 3.8) is 0 Å². The van der Waals surface area contributed by atoms with Gasteiger partial charge in [0, 0.05) is 41.2 Å². The molecule has 3 aliphatic carbocycles. The highest BCUT2D eigenvalue weighted by Gasteiger charge is 2.43. The van der Waals surface area contributed by atoms with Crippen LogP contribution in [0.4, 0.5) is 0 Å². The summed E-state index contributed by atoms with van der Waals surface area (Å²) in [5.41, 5.74) is 4.26. The van der Waals surface area contributed by atoms with E-state index in [0.29, 0.717) is 18.8 Å². The lowest BCUT2D eigenvalue weighted by atomic mass is 9.59. The van der Waals surface area contributed by atoms with E-state index in [4.69, 9.17) is 4.74 Å². The second kappa shape index (κ2) is 8.97. The van der Waals surface area contributed by atoms with Gasteiger partial charge in [0.15, 0.2) is 17.6 Å². The fourth-order valence-corrected chi connectivity index (χ4v) is 5.94. The van der Waals surface area contributed by atoms with Gasteiger partial charge in [0.25, 0.3) is 0 Å². The summed E-state index contributed by atoms with van der Waals surface area (Å²) in [4.78, 5) is 11.3. The van der Waals surface area contributed by atoms with Crippen LogP contribution in [0.2, 0.25) is 0 Å². The lowest BCUT2D eigenvalue weighted by molar-refractivity contribution is -0.144. The first-order chi connectivity index (χ1) is 16.7. The van der Waals surface area contributed by atoms with Crippen molar-refractivity contribution < 1.29 is 14.6 Å². The Bertz CT molecular complexity index is 1210. The van der Waals surface area contributed by atoms with E-state index in [9.17, 15) is 9.90 Å². The molecular formula is C27H37N5O3. The van der Waals surface area contributed by atoms with E-state index in [0.717, 1.165) is 28.5 Å². The number of rotatable bonds is 9. The van der Waals surface area contributed by atoms with Crippen molar-refractivity contribution in [3.05, 3.63) is 46.9 Å². The number of hydrogen-bond acceptors (Lipinski definition) is 5. The highest BCUT2D eigenvalue weighted by molar-refractivity contribution is 5.72. The number of aromatic nitrogens is 4. The fraction of sp³-hybridized carbons (Fsp3) is 0.593. The Balaban J connectivity index is 1.30. The van der Waals surface area contributed by atoms with Crippen LogP contribution in [0.1, 0.15) is 81.9 Å². The molecule has 3 aliphatic rings. The van der Waals surface area contributed by atoms with Gasteiger partial charge in [-0.05, 0) is 64.4 Å². The number of H-pyrrole nitrogens is 1. The van der Waals surface area contributed by atoms with Crippen molar-refractivity contribution in [2.24, 2.45) is 5.92 Å². The van der Waals surface area contributed by atoms with Gasteiger partial charge in [-0.25, -0.2) is 9.31 Å². The van der Waals surface area contributed by atoms with Crippen LogP contribution in [-0.4, -0.2) is 43.5 Å². The van der Waals surface area contributed by atoms with E-state index in [1.54, 1.807) is 6.92 Å². The van der Waals surface area contributed by atoms with Crippen LogP contribution in [0.5, 0.6) is 5.75 Å². The van der Waals surface area contributed by atoms with Gasteiger partial charge in [-0.2, -0.15) is 0 Å². The molecular weight excluding hydrogens is 442 g/mol. The summed E-state index contributed by atoms with van der Waals surface area (Å²) >= 11 is 0. The molecule has 2 aromatic heterocycles. The summed E-state index contributed by atoms with van der Waals surface area (Å²) in [6, 6.07) is 8.03. The van der Waals surface area contributed by atoms with E-state index in [1.807, 2.05) is 25.1 Å². The lowest BCUT2D eigenvalue weighted by Gasteiger charge is -2.46. The van der Waals surface area contributed by atoms with Crippen molar-refractivity contribution >= 4 is 11.6 Å². The minimum Gasteiger partial charge on any atom is -0.479 e. The van der Waals surface area contributed by atoms with Crippen molar-refractivity contribution in [2.75, 3.05) is 6.54 Å². The van der Waals surface area contributed by atoms with E-state index < -0.39 is 12.1 Å². The predicted molar refractivity (Wildman–Crippen MR) is 134 cm³/mol. The largest absolute Gasteiger partial charge is 0.479 e. The number of ether oxygens (including phenoxy) is 1. The average Bonchev–Trinajstić information content (AvgIpc) is 3.43. The van der Waals surface area contributed by atoms with Crippen LogP contribution in [-0.2, 0) is 22.2 Å². The van der Waals surface area contributed by atoms with E-state index in [-0.39, 0.29) is 10.8 Å². The highest BCUT2D eigenvalue weighted by Crippen LogP contribution is 2.51. The molecule has 0 radical (unpaired) electrons. The van der Waals surface area contributed by atoms with Gasteiger partial charge >= 0.3 is 5.97 Å². The highest BCUT2D eigenvalue weighted by atomic mass is 16.5. The van der Waals surface area contributed by atoms with Gasteiger partial charge in [-0.3, -0.25) is 5.10 Å². The van der Waals surface area contributed by atoms with Crippen LogP contribution >= 0.6 is 0 Å². The fourth-order valence-electron chi connectivity index (χ4n) is 5.94. The Morgan fingerprint density at radius 1 is 1.26 bits per heavy atom. The van der Waals surface area contributed by atoms with Crippen molar-refractivity contribution in [2.45, 2.75) is 89.7 Å². The van der Waals surface area contributed by atoms with Gasteiger partial charge in [0.1, 0.15) is 5.75 Å². The Kier molecular flexibility index (Phi) is 6.11. The van der Waals surface area contributed by atoms with Crippen LogP contribution < -0.4 is 10.1 Å². The lowest BCUT2D eigenvalue weighted by Crippen LogP contribution is -2.38. The third-order valence-corrected chi connectivity index (χ3v) is 8.21.